The number of piperidine rings is 1. The number of nitrogens with one attached hydrogen (secondary N) is 1. The molecule has 2 fully saturated rings. The molecule has 1 aliphatic heterocycles. The number of likely N-dealkylation sites (tertiary alicyclic amines) is 1. The second-order valence-corrected chi connectivity index (χ2v) is 8.30. The molecule has 27 heavy (non-hydrogen) atoms. The molecule has 2 amide bonds. The smallest absolute Gasteiger partial charge is 0.228 e. The summed E-state index contributed by atoms with van der Waals surface area (Å²) in [4.78, 5) is 30.0. The lowest BCUT2D eigenvalue weighted by Crippen LogP contribution is -2.62. The molecule has 2 aliphatic rings. The van der Waals surface area contributed by atoms with Gasteiger partial charge in [0.25, 0.3) is 0 Å². The van der Waals surface area contributed by atoms with Gasteiger partial charge in [0, 0.05) is 32.1 Å². The van der Waals surface area contributed by atoms with E-state index in [-0.39, 0.29) is 17.9 Å². The van der Waals surface area contributed by atoms with Crippen molar-refractivity contribution in [2.45, 2.75) is 51.0 Å². The fraction of sp³-hybridized carbons (Fsp3) is 0.636. The zero-order valence-corrected chi connectivity index (χ0v) is 16.7. The molecule has 0 radical (unpaired) electrons. The number of amides is 2. The summed E-state index contributed by atoms with van der Waals surface area (Å²) in [5.74, 6) is 0.377. The molecule has 5 nitrogen and oxygen atoms in total. The molecule has 1 N–H and O–H groups in total. The summed E-state index contributed by atoms with van der Waals surface area (Å²) >= 11 is 0. The van der Waals surface area contributed by atoms with Gasteiger partial charge in [-0.2, -0.15) is 0 Å². The van der Waals surface area contributed by atoms with Crippen LogP contribution in [0.4, 0.5) is 0 Å². The molecule has 1 saturated carbocycles. The maximum atomic E-state index is 13.3. The van der Waals surface area contributed by atoms with Crippen LogP contribution in [-0.2, 0) is 16.0 Å². The van der Waals surface area contributed by atoms with Gasteiger partial charge < -0.3 is 15.1 Å². The quantitative estimate of drug-likeness (QED) is 0.801. The lowest BCUT2D eigenvalue weighted by Gasteiger charge is -2.51. The van der Waals surface area contributed by atoms with Crippen molar-refractivity contribution in [3.05, 3.63) is 35.9 Å². The predicted octanol–water partition coefficient (Wildman–Crippen LogP) is 2.46. The number of hydrogen-bond donors (Lipinski definition) is 1. The van der Waals surface area contributed by atoms with Crippen LogP contribution in [0.25, 0.3) is 0 Å². The van der Waals surface area contributed by atoms with Gasteiger partial charge in [0.2, 0.25) is 11.8 Å². The molecular weight excluding hydrogens is 338 g/mol. The average molecular weight is 372 g/mol. The molecule has 1 aliphatic carbocycles. The van der Waals surface area contributed by atoms with Crippen molar-refractivity contribution in [1.29, 1.82) is 0 Å². The Bertz CT molecular complexity index is 646. The molecule has 5 heteroatoms. The molecule has 1 aromatic carbocycles. The fourth-order valence-electron chi connectivity index (χ4n) is 4.72. The number of carbonyl (C=O) groups excluding carboxylic acids is 2. The minimum absolute atomic E-state index is 0.0594. The molecule has 1 aromatic rings. The van der Waals surface area contributed by atoms with Crippen molar-refractivity contribution in [3.63, 3.8) is 0 Å². The van der Waals surface area contributed by atoms with Crippen molar-refractivity contribution in [2.24, 2.45) is 5.41 Å². The first-order valence-corrected chi connectivity index (χ1v) is 10.3. The van der Waals surface area contributed by atoms with E-state index < -0.39 is 5.41 Å². The van der Waals surface area contributed by atoms with Crippen LogP contribution in [-0.4, -0.2) is 61.4 Å². The van der Waals surface area contributed by atoms with E-state index in [2.05, 4.69) is 22.3 Å². The molecular formula is C22H33N3O2. The van der Waals surface area contributed by atoms with Crippen LogP contribution in [0.15, 0.2) is 30.3 Å². The number of fused-ring (bicyclic) bond motifs is 1. The van der Waals surface area contributed by atoms with Gasteiger partial charge in [-0.15, -0.1) is 0 Å². The zero-order chi connectivity index (χ0) is 19.3. The molecule has 2 atom stereocenters. The first-order chi connectivity index (χ1) is 13.0. The largest absolute Gasteiger partial charge is 0.355 e. The van der Waals surface area contributed by atoms with Crippen molar-refractivity contribution in [3.8, 4) is 0 Å². The van der Waals surface area contributed by atoms with Gasteiger partial charge in [-0.25, -0.2) is 0 Å². The van der Waals surface area contributed by atoms with E-state index in [0.717, 1.165) is 45.2 Å². The van der Waals surface area contributed by atoms with Crippen molar-refractivity contribution in [2.75, 3.05) is 33.7 Å². The highest BCUT2D eigenvalue weighted by atomic mass is 16.2. The van der Waals surface area contributed by atoms with E-state index in [4.69, 9.17) is 0 Å². The third kappa shape index (κ3) is 4.52. The molecule has 0 spiro atoms. The molecule has 1 saturated heterocycles. The maximum Gasteiger partial charge on any atom is 0.228 e. The van der Waals surface area contributed by atoms with E-state index in [1.807, 2.05) is 37.2 Å². The molecule has 148 valence electrons. The Labute approximate surface area is 163 Å². The summed E-state index contributed by atoms with van der Waals surface area (Å²) in [6.07, 6.45) is 6.08. The predicted molar refractivity (Wildman–Crippen MR) is 107 cm³/mol. The summed E-state index contributed by atoms with van der Waals surface area (Å²) < 4.78 is 0. The van der Waals surface area contributed by atoms with Crippen LogP contribution in [0.2, 0.25) is 0 Å². The number of hydrogen-bond acceptors (Lipinski definition) is 3. The van der Waals surface area contributed by atoms with E-state index in [9.17, 15) is 9.59 Å². The highest BCUT2D eigenvalue weighted by molar-refractivity contribution is 5.88. The monoisotopic (exact) mass is 371 g/mol. The summed E-state index contributed by atoms with van der Waals surface area (Å²) in [6, 6.07) is 10.3. The van der Waals surface area contributed by atoms with Crippen LogP contribution >= 0.6 is 0 Å². The third-order valence-electron chi connectivity index (χ3n) is 6.25. The summed E-state index contributed by atoms with van der Waals surface area (Å²) in [6.45, 7) is 2.21. The van der Waals surface area contributed by atoms with Crippen LogP contribution in [0.1, 0.15) is 44.1 Å². The van der Waals surface area contributed by atoms with Gasteiger partial charge >= 0.3 is 0 Å². The van der Waals surface area contributed by atoms with E-state index >= 15 is 0 Å². The van der Waals surface area contributed by atoms with Crippen LogP contribution in [0.5, 0.6) is 0 Å². The van der Waals surface area contributed by atoms with Crippen LogP contribution in [0, 0.1) is 5.41 Å². The summed E-state index contributed by atoms with van der Waals surface area (Å²) in [7, 11) is 4.05. The van der Waals surface area contributed by atoms with Gasteiger partial charge in [0.1, 0.15) is 0 Å². The van der Waals surface area contributed by atoms with Crippen molar-refractivity contribution >= 4 is 11.8 Å². The molecule has 0 unspecified atom stereocenters. The lowest BCUT2D eigenvalue weighted by atomic mass is 9.64. The van der Waals surface area contributed by atoms with Gasteiger partial charge in [0.05, 0.1) is 5.41 Å². The Morgan fingerprint density at radius 3 is 2.74 bits per heavy atom. The van der Waals surface area contributed by atoms with Crippen LogP contribution < -0.4 is 5.32 Å². The number of benzene rings is 1. The Kier molecular flexibility index (Phi) is 6.53. The van der Waals surface area contributed by atoms with Gasteiger partial charge in [-0.05, 0) is 45.3 Å². The highest BCUT2D eigenvalue weighted by Gasteiger charge is 2.52. The number of likely N-dealkylation sites (N-methyl/N-ethyl adjacent to an activating group) is 1. The van der Waals surface area contributed by atoms with E-state index in [1.54, 1.807) is 0 Å². The fourth-order valence-corrected chi connectivity index (χ4v) is 4.72. The Morgan fingerprint density at radius 1 is 1.22 bits per heavy atom. The first kappa shape index (κ1) is 19.9. The second-order valence-electron chi connectivity index (χ2n) is 8.30. The lowest BCUT2D eigenvalue weighted by molar-refractivity contribution is -0.155. The number of nitrogens with zero attached hydrogens (tertiary/aromatic N) is 2. The number of rotatable bonds is 7. The van der Waals surface area contributed by atoms with Gasteiger partial charge in [0.15, 0.2) is 0 Å². The molecule has 0 bridgehead atoms. The van der Waals surface area contributed by atoms with E-state index in [0.29, 0.717) is 19.4 Å². The minimum Gasteiger partial charge on any atom is -0.355 e. The Morgan fingerprint density at radius 2 is 2.00 bits per heavy atom. The van der Waals surface area contributed by atoms with Crippen LogP contribution in [0.3, 0.4) is 0 Å². The Hall–Kier alpha value is -1.88. The maximum absolute atomic E-state index is 13.3. The first-order valence-electron chi connectivity index (χ1n) is 10.3. The standard InChI is InChI=1S/C22H33N3O2/c1-24(2)16-17-25-19-10-6-7-13-22(19,14-11-20(25)26)21(27)23-15-12-18-8-4-3-5-9-18/h3-5,8-9,19H,6-7,10-17H2,1-2H3,(H,23,27)/t19-,22-/m1/s1. The third-order valence-corrected chi connectivity index (χ3v) is 6.25. The van der Waals surface area contributed by atoms with Crippen molar-refractivity contribution in [1.82, 2.24) is 15.1 Å². The zero-order valence-electron chi connectivity index (χ0n) is 16.7. The van der Waals surface area contributed by atoms with Crippen molar-refractivity contribution < 1.29 is 9.59 Å². The molecule has 0 aromatic heterocycles. The highest BCUT2D eigenvalue weighted by Crippen LogP contribution is 2.46. The summed E-state index contributed by atoms with van der Waals surface area (Å²) in [5, 5.41) is 3.20. The SMILES string of the molecule is CN(C)CCN1C(=O)CC[C@]2(C(=O)NCCc3ccccc3)CCCC[C@@H]12. The Balaban J connectivity index is 1.68. The minimum atomic E-state index is -0.394. The average Bonchev–Trinajstić information content (AvgIpc) is 2.68. The topological polar surface area (TPSA) is 52.7 Å². The summed E-state index contributed by atoms with van der Waals surface area (Å²) in [5.41, 5.74) is 0.844. The van der Waals surface area contributed by atoms with E-state index in [1.165, 1.54) is 5.56 Å². The second kappa shape index (κ2) is 8.87. The van der Waals surface area contributed by atoms with Gasteiger partial charge in [-0.1, -0.05) is 43.2 Å². The molecule has 3 rings (SSSR count). The number of carbonyl (C=O) groups is 2. The van der Waals surface area contributed by atoms with Gasteiger partial charge in [-0.3, -0.25) is 9.59 Å². The molecule has 1 heterocycles. The normalized spacial score (nSPS) is 25.4.